The number of hydrogen-bond acceptors (Lipinski definition) is 2. The second-order valence-corrected chi connectivity index (χ2v) is 3.41. The fourth-order valence-electron chi connectivity index (χ4n) is 1.49. The van der Waals surface area contributed by atoms with E-state index in [1.54, 1.807) is 31.0 Å². The Morgan fingerprint density at radius 3 is 2.80 bits per heavy atom. The maximum absolute atomic E-state index is 13.6. The second-order valence-electron chi connectivity index (χ2n) is 3.41. The molecule has 0 aliphatic rings. The van der Waals surface area contributed by atoms with Crippen LogP contribution in [0.1, 0.15) is 18.6 Å². The van der Waals surface area contributed by atoms with Crippen LogP contribution in [-0.4, -0.2) is 18.7 Å². The van der Waals surface area contributed by atoms with Gasteiger partial charge in [-0.05, 0) is 13.0 Å². The minimum atomic E-state index is -0.712. The average molecular weight is 207 g/mol. The van der Waals surface area contributed by atoms with Gasteiger partial charge in [0.25, 0.3) is 0 Å². The molecule has 0 bridgehead atoms. The molecule has 0 saturated carbocycles. The standard InChI is InChI=1S/C12H14FNO/c1-4-8-14(3)12-10(9(2)15)6-5-7-11(12)13/h1,5-7,9,15H,8H2,2-3H3/t9-/m0/s1. The number of benzene rings is 1. The average Bonchev–Trinajstić information content (AvgIpc) is 2.17. The monoisotopic (exact) mass is 207 g/mol. The summed E-state index contributed by atoms with van der Waals surface area (Å²) in [7, 11) is 1.70. The van der Waals surface area contributed by atoms with Gasteiger partial charge in [0.05, 0.1) is 18.3 Å². The Morgan fingerprint density at radius 2 is 2.27 bits per heavy atom. The van der Waals surface area contributed by atoms with E-state index in [0.29, 0.717) is 17.8 Å². The third-order valence-electron chi connectivity index (χ3n) is 2.18. The first-order valence-corrected chi connectivity index (χ1v) is 4.69. The first kappa shape index (κ1) is 11.5. The van der Waals surface area contributed by atoms with E-state index in [4.69, 9.17) is 6.42 Å². The van der Waals surface area contributed by atoms with Gasteiger partial charge >= 0.3 is 0 Å². The van der Waals surface area contributed by atoms with Crippen LogP contribution in [0.25, 0.3) is 0 Å². The van der Waals surface area contributed by atoms with Crippen LogP contribution in [0.4, 0.5) is 10.1 Å². The second kappa shape index (κ2) is 4.81. The van der Waals surface area contributed by atoms with Crippen molar-refractivity contribution in [3.05, 3.63) is 29.6 Å². The number of aliphatic hydroxyl groups excluding tert-OH is 1. The van der Waals surface area contributed by atoms with Gasteiger partial charge in [-0.25, -0.2) is 4.39 Å². The van der Waals surface area contributed by atoms with Gasteiger partial charge in [-0.15, -0.1) is 6.42 Å². The van der Waals surface area contributed by atoms with Crippen molar-refractivity contribution in [1.82, 2.24) is 0 Å². The predicted octanol–water partition coefficient (Wildman–Crippen LogP) is 1.95. The summed E-state index contributed by atoms with van der Waals surface area (Å²) in [6.07, 6.45) is 4.45. The summed E-state index contributed by atoms with van der Waals surface area (Å²) in [5.41, 5.74) is 0.915. The highest BCUT2D eigenvalue weighted by Crippen LogP contribution is 2.28. The number of anilines is 1. The molecule has 0 amide bonds. The van der Waals surface area contributed by atoms with Crippen LogP contribution in [-0.2, 0) is 0 Å². The van der Waals surface area contributed by atoms with Crippen LogP contribution >= 0.6 is 0 Å². The molecule has 0 saturated heterocycles. The van der Waals surface area contributed by atoms with Crippen molar-refractivity contribution >= 4 is 5.69 Å². The number of rotatable bonds is 3. The summed E-state index contributed by atoms with van der Waals surface area (Å²) in [6.45, 7) is 1.91. The summed E-state index contributed by atoms with van der Waals surface area (Å²) in [5, 5.41) is 9.50. The molecule has 0 heterocycles. The summed E-state index contributed by atoms with van der Waals surface area (Å²) in [6, 6.07) is 4.62. The SMILES string of the molecule is C#CCN(C)c1c(F)cccc1[C@H](C)O. The summed E-state index contributed by atoms with van der Waals surface area (Å²) >= 11 is 0. The van der Waals surface area contributed by atoms with Gasteiger partial charge in [0.15, 0.2) is 0 Å². The Labute approximate surface area is 89.3 Å². The van der Waals surface area contributed by atoms with E-state index in [0.717, 1.165) is 0 Å². The molecule has 0 aliphatic carbocycles. The molecule has 0 fully saturated rings. The summed E-state index contributed by atoms with van der Waals surface area (Å²) in [4.78, 5) is 1.61. The topological polar surface area (TPSA) is 23.5 Å². The molecule has 1 atom stereocenters. The highest BCUT2D eigenvalue weighted by Gasteiger charge is 2.15. The fraction of sp³-hybridized carbons (Fsp3) is 0.333. The van der Waals surface area contributed by atoms with Gasteiger partial charge in [0.1, 0.15) is 5.82 Å². The Kier molecular flexibility index (Phi) is 3.70. The zero-order valence-corrected chi connectivity index (χ0v) is 8.87. The normalized spacial score (nSPS) is 11.9. The largest absolute Gasteiger partial charge is 0.389 e. The molecule has 0 unspecified atom stereocenters. The molecule has 0 aliphatic heterocycles. The van der Waals surface area contributed by atoms with Gasteiger partial charge in [-0.1, -0.05) is 18.1 Å². The van der Waals surface area contributed by atoms with Gasteiger partial charge in [0, 0.05) is 12.6 Å². The smallest absolute Gasteiger partial charge is 0.146 e. The number of nitrogens with zero attached hydrogens (tertiary/aromatic N) is 1. The molecule has 1 aromatic rings. The molecule has 3 heteroatoms. The third kappa shape index (κ3) is 2.48. The Bertz CT molecular complexity index is 382. The molecule has 2 nitrogen and oxygen atoms in total. The molecule has 1 aromatic carbocycles. The minimum Gasteiger partial charge on any atom is -0.389 e. The molecule has 0 spiro atoms. The van der Waals surface area contributed by atoms with Gasteiger partial charge in [-0.2, -0.15) is 0 Å². The van der Waals surface area contributed by atoms with Gasteiger partial charge in [0.2, 0.25) is 0 Å². The maximum atomic E-state index is 13.6. The number of terminal acetylenes is 1. The van der Waals surface area contributed by atoms with Crippen molar-refractivity contribution < 1.29 is 9.50 Å². The lowest BCUT2D eigenvalue weighted by molar-refractivity contribution is 0.199. The molecule has 1 N–H and O–H groups in total. The molecule has 1 rings (SSSR count). The van der Waals surface area contributed by atoms with Crippen LogP contribution in [0.2, 0.25) is 0 Å². The lowest BCUT2D eigenvalue weighted by Gasteiger charge is -2.22. The number of hydrogen-bond donors (Lipinski definition) is 1. The summed E-state index contributed by atoms with van der Waals surface area (Å²) in [5.74, 6) is 2.07. The van der Waals surface area contributed by atoms with E-state index >= 15 is 0 Å². The number of halogens is 1. The lowest BCUT2D eigenvalue weighted by atomic mass is 10.1. The fourth-order valence-corrected chi connectivity index (χ4v) is 1.49. The van der Waals surface area contributed by atoms with Crippen molar-refractivity contribution in [1.29, 1.82) is 0 Å². The quantitative estimate of drug-likeness (QED) is 0.766. The first-order valence-electron chi connectivity index (χ1n) is 4.69. The van der Waals surface area contributed by atoms with Gasteiger partial charge in [-0.3, -0.25) is 0 Å². The van der Waals surface area contributed by atoms with Crippen molar-refractivity contribution in [3.63, 3.8) is 0 Å². The van der Waals surface area contributed by atoms with Gasteiger partial charge < -0.3 is 10.0 Å². The van der Waals surface area contributed by atoms with Crippen LogP contribution in [0.3, 0.4) is 0 Å². The zero-order valence-electron chi connectivity index (χ0n) is 8.87. The van der Waals surface area contributed by atoms with E-state index in [2.05, 4.69) is 5.92 Å². The minimum absolute atomic E-state index is 0.306. The Morgan fingerprint density at radius 1 is 1.60 bits per heavy atom. The van der Waals surface area contributed by atoms with E-state index in [1.165, 1.54) is 6.07 Å². The first-order chi connectivity index (χ1) is 7.07. The highest BCUT2D eigenvalue weighted by atomic mass is 19.1. The molecule has 0 radical (unpaired) electrons. The van der Waals surface area contributed by atoms with Crippen molar-refractivity contribution in [2.45, 2.75) is 13.0 Å². The summed E-state index contributed by atoms with van der Waals surface area (Å²) < 4.78 is 13.6. The van der Waals surface area contributed by atoms with Crippen LogP contribution < -0.4 is 4.90 Å². The van der Waals surface area contributed by atoms with E-state index in [9.17, 15) is 9.50 Å². The highest BCUT2D eigenvalue weighted by molar-refractivity contribution is 5.55. The molecule has 0 aromatic heterocycles. The van der Waals surface area contributed by atoms with Crippen molar-refractivity contribution in [2.24, 2.45) is 0 Å². The van der Waals surface area contributed by atoms with Crippen LogP contribution in [0.5, 0.6) is 0 Å². The van der Waals surface area contributed by atoms with E-state index < -0.39 is 6.10 Å². The van der Waals surface area contributed by atoms with Crippen molar-refractivity contribution in [3.8, 4) is 12.3 Å². The maximum Gasteiger partial charge on any atom is 0.146 e. The van der Waals surface area contributed by atoms with Crippen LogP contribution in [0.15, 0.2) is 18.2 Å². The Balaban J connectivity index is 3.19. The predicted molar refractivity (Wildman–Crippen MR) is 59.1 cm³/mol. The molecule has 15 heavy (non-hydrogen) atoms. The molecular weight excluding hydrogens is 193 g/mol. The third-order valence-corrected chi connectivity index (χ3v) is 2.18. The zero-order chi connectivity index (χ0) is 11.4. The van der Waals surface area contributed by atoms with Crippen molar-refractivity contribution in [2.75, 3.05) is 18.5 Å². The Hall–Kier alpha value is -1.53. The lowest BCUT2D eigenvalue weighted by Crippen LogP contribution is -2.20. The van der Waals surface area contributed by atoms with E-state index in [1.807, 2.05) is 0 Å². The molecular formula is C12H14FNO. The van der Waals surface area contributed by atoms with E-state index in [-0.39, 0.29) is 5.82 Å². The number of para-hydroxylation sites is 1. The molecule has 80 valence electrons. The number of aliphatic hydroxyl groups is 1. The van der Waals surface area contributed by atoms with Crippen LogP contribution in [0, 0.1) is 18.2 Å².